The quantitative estimate of drug-likeness (QED) is 0.506. The Morgan fingerprint density at radius 1 is 0.969 bits per heavy atom. The number of carbonyl (C=O) groups excluding carboxylic acids is 1. The standard InChI is InChI=1S/C28H31ClN2O/c1-20-14-21(2)16-24(15-20)28(32)31-13-12-26(30-19-23-8-10-25(29)11-9-23)18-27(31)17-22-6-4-3-5-7-22/h3-11,14-16,26-27,30H,12-13,17-19H2,1-2H3/t26-,27-/m0/s1. The number of carbonyl (C=O) groups is 1. The van der Waals surface area contributed by atoms with Gasteiger partial charge in [0.25, 0.3) is 5.91 Å². The monoisotopic (exact) mass is 446 g/mol. The molecule has 1 fully saturated rings. The van der Waals surface area contributed by atoms with E-state index in [9.17, 15) is 4.79 Å². The molecule has 32 heavy (non-hydrogen) atoms. The number of amides is 1. The lowest BCUT2D eigenvalue weighted by molar-refractivity contribution is 0.0576. The topological polar surface area (TPSA) is 32.3 Å². The Morgan fingerprint density at radius 3 is 2.34 bits per heavy atom. The van der Waals surface area contributed by atoms with Crippen LogP contribution >= 0.6 is 11.6 Å². The van der Waals surface area contributed by atoms with Crippen molar-refractivity contribution in [1.29, 1.82) is 0 Å². The fourth-order valence-corrected chi connectivity index (χ4v) is 4.84. The summed E-state index contributed by atoms with van der Waals surface area (Å²) in [5.41, 5.74) is 5.56. The van der Waals surface area contributed by atoms with Gasteiger partial charge in [0.15, 0.2) is 0 Å². The first-order valence-electron chi connectivity index (χ1n) is 11.4. The number of nitrogens with one attached hydrogen (secondary N) is 1. The van der Waals surface area contributed by atoms with Crippen LogP contribution in [-0.2, 0) is 13.0 Å². The van der Waals surface area contributed by atoms with Gasteiger partial charge in [0.05, 0.1) is 0 Å². The van der Waals surface area contributed by atoms with E-state index >= 15 is 0 Å². The first-order valence-corrected chi connectivity index (χ1v) is 11.8. The molecule has 0 aliphatic carbocycles. The molecule has 1 saturated heterocycles. The Hall–Kier alpha value is -2.62. The number of nitrogens with zero attached hydrogens (tertiary/aromatic N) is 1. The first-order chi connectivity index (χ1) is 15.5. The Labute approximate surface area is 196 Å². The lowest BCUT2D eigenvalue weighted by Crippen LogP contribution is -2.51. The number of rotatable bonds is 6. The lowest BCUT2D eigenvalue weighted by atomic mass is 9.91. The van der Waals surface area contributed by atoms with E-state index in [0.29, 0.717) is 6.04 Å². The number of halogens is 1. The second-order valence-electron chi connectivity index (χ2n) is 8.95. The van der Waals surface area contributed by atoms with E-state index in [0.717, 1.165) is 54.1 Å². The molecule has 3 nitrogen and oxygen atoms in total. The highest BCUT2D eigenvalue weighted by molar-refractivity contribution is 6.30. The molecule has 0 radical (unpaired) electrons. The second-order valence-corrected chi connectivity index (χ2v) is 9.38. The predicted molar refractivity (Wildman–Crippen MR) is 132 cm³/mol. The summed E-state index contributed by atoms with van der Waals surface area (Å²) in [4.78, 5) is 15.6. The van der Waals surface area contributed by atoms with Gasteiger partial charge in [0, 0.05) is 35.8 Å². The molecule has 166 valence electrons. The van der Waals surface area contributed by atoms with Crippen molar-refractivity contribution in [3.8, 4) is 0 Å². The highest BCUT2D eigenvalue weighted by atomic mass is 35.5. The summed E-state index contributed by atoms with van der Waals surface area (Å²) >= 11 is 6.01. The molecular weight excluding hydrogens is 416 g/mol. The molecule has 1 amide bonds. The summed E-state index contributed by atoms with van der Waals surface area (Å²) in [6, 6.07) is 25.2. The second kappa shape index (κ2) is 10.3. The Bertz CT molecular complexity index is 1030. The van der Waals surface area contributed by atoms with E-state index in [1.165, 1.54) is 11.1 Å². The Kier molecular flexibility index (Phi) is 7.29. The number of piperidine rings is 1. The molecule has 4 rings (SSSR count). The molecule has 0 saturated carbocycles. The number of likely N-dealkylation sites (tertiary alicyclic amines) is 1. The van der Waals surface area contributed by atoms with E-state index in [1.807, 2.05) is 30.3 Å². The van der Waals surface area contributed by atoms with Crippen LogP contribution in [0.25, 0.3) is 0 Å². The van der Waals surface area contributed by atoms with Crippen LogP contribution in [0.15, 0.2) is 72.8 Å². The molecule has 1 N–H and O–H groups in total. The van der Waals surface area contributed by atoms with Gasteiger partial charge in [-0.3, -0.25) is 4.79 Å². The van der Waals surface area contributed by atoms with Gasteiger partial charge in [0.2, 0.25) is 0 Å². The third-order valence-corrected chi connectivity index (χ3v) is 6.52. The highest BCUT2D eigenvalue weighted by Gasteiger charge is 2.32. The van der Waals surface area contributed by atoms with Crippen molar-refractivity contribution in [2.24, 2.45) is 0 Å². The van der Waals surface area contributed by atoms with Gasteiger partial charge in [-0.2, -0.15) is 0 Å². The van der Waals surface area contributed by atoms with Crippen molar-refractivity contribution in [2.75, 3.05) is 6.54 Å². The average molecular weight is 447 g/mol. The molecule has 1 heterocycles. The van der Waals surface area contributed by atoms with Gasteiger partial charge in [0.1, 0.15) is 0 Å². The van der Waals surface area contributed by atoms with Gasteiger partial charge in [-0.15, -0.1) is 0 Å². The lowest BCUT2D eigenvalue weighted by Gasteiger charge is -2.40. The number of benzene rings is 3. The van der Waals surface area contributed by atoms with Crippen molar-refractivity contribution >= 4 is 17.5 Å². The van der Waals surface area contributed by atoms with Gasteiger partial charge in [-0.1, -0.05) is 71.3 Å². The maximum Gasteiger partial charge on any atom is 0.254 e. The predicted octanol–water partition coefficient (Wildman–Crippen LogP) is 5.96. The minimum Gasteiger partial charge on any atom is -0.335 e. The van der Waals surface area contributed by atoms with Crippen molar-refractivity contribution < 1.29 is 4.79 Å². The first kappa shape index (κ1) is 22.6. The molecule has 1 aliphatic rings. The molecule has 2 atom stereocenters. The van der Waals surface area contributed by atoms with Crippen LogP contribution in [0.3, 0.4) is 0 Å². The Morgan fingerprint density at radius 2 is 1.66 bits per heavy atom. The minimum atomic E-state index is 0.147. The zero-order valence-corrected chi connectivity index (χ0v) is 19.6. The third kappa shape index (κ3) is 5.79. The van der Waals surface area contributed by atoms with Crippen molar-refractivity contribution in [3.05, 3.63) is 106 Å². The summed E-state index contributed by atoms with van der Waals surface area (Å²) in [5.74, 6) is 0.147. The largest absolute Gasteiger partial charge is 0.335 e. The van der Waals surface area contributed by atoms with Crippen LogP contribution < -0.4 is 5.32 Å². The van der Waals surface area contributed by atoms with Crippen LogP contribution in [0.5, 0.6) is 0 Å². The maximum atomic E-state index is 13.5. The van der Waals surface area contributed by atoms with Gasteiger partial charge in [-0.05, 0) is 68.5 Å². The van der Waals surface area contributed by atoms with Gasteiger partial charge in [-0.25, -0.2) is 0 Å². The van der Waals surface area contributed by atoms with Crippen LogP contribution in [-0.4, -0.2) is 29.4 Å². The van der Waals surface area contributed by atoms with Crippen LogP contribution in [0.4, 0.5) is 0 Å². The van der Waals surface area contributed by atoms with E-state index in [-0.39, 0.29) is 11.9 Å². The summed E-state index contributed by atoms with van der Waals surface area (Å²) in [6.45, 7) is 5.68. The fraction of sp³-hybridized carbons (Fsp3) is 0.321. The third-order valence-electron chi connectivity index (χ3n) is 6.27. The normalized spacial score (nSPS) is 18.5. The Balaban J connectivity index is 1.49. The number of hydrogen-bond acceptors (Lipinski definition) is 2. The van der Waals surface area contributed by atoms with Crippen molar-refractivity contribution in [2.45, 2.75) is 51.7 Å². The summed E-state index contributed by atoms with van der Waals surface area (Å²) in [6.07, 6.45) is 2.77. The zero-order valence-electron chi connectivity index (χ0n) is 18.9. The molecule has 4 heteroatoms. The van der Waals surface area contributed by atoms with Crippen molar-refractivity contribution in [1.82, 2.24) is 10.2 Å². The minimum absolute atomic E-state index is 0.147. The molecule has 1 aliphatic heterocycles. The van der Waals surface area contributed by atoms with E-state index in [4.69, 9.17) is 11.6 Å². The molecular formula is C28H31ClN2O. The van der Waals surface area contributed by atoms with E-state index in [1.54, 1.807) is 0 Å². The maximum absolute atomic E-state index is 13.5. The van der Waals surface area contributed by atoms with E-state index < -0.39 is 0 Å². The van der Waals surface area contributed by atoms with Crippen LogP contribution in [0.2, 0.25) is 5.02 Å². The molecule has 3 aromatic rings. The fourth-order valence-electron chi connectivity index (χ4n) is 4.71. The molecule has 0 aromatic heterocycles. The van der Waals surface area contributed by atoms with Gasteiger partial charge >= 0.3 is 0 Å². The summed E-state index contributed by atoms with van der Waals surface area (Å²) in [7, 11) is 0. The zero-order chi connectivity index (χ0) is 22.5. The van der Waals surface area contributed by atoms with Crippen LogP contribution in [0.1, 0.15) is 45.5 Å². The molecule has 0 bridgehead atoms. The van der Waals surface area contributed by atoms with Gasteiger partial charge < -0.3 is 10.2 Å². The summed E-state index contributed by atoms with van der Waals surface area (Å²) < 4.78 is 0. The smallest absolute Gasteiger partial charge is 0.254 e. The SMILES string of the molecule is Cc1cc(C)cc(C(=O)N2CC[C@H](NCc3ccc(Cl)cc3)C[C@@H]2Cc2ccccc2)c1. The summed E-state index contributed by atoms with van der Waals surface area (Å²) in [5, 5.41) is 4.47. The molecule has 3 aromatic carbocycles. The highest BCUT2D eigenvalue weighted by Crippen LogP contribution is 2.25. The number of aryl methyl sites for hydroxylation is 2. The average Bonchev–Trinajstić information content (AvgIpc) is 2.78. The number of hydrogen-bond donors (Lipinski definition) is 1. The molecule has 0 spiro atoms. The van der Waals surface area contributed by atoms with Crippen LogP contribution in [0, 0.1) is 13.8 Å². The molecule has 0 unspecified atom stereocenters. The van der Waals surface area contributed by atoms with E-state index in [2.05, 4.69) is 66.5 Å². The van der Waals surface area contributed by atoms with Crippen molar-refractivity contribution in [3.63, 3.8) is 0 Å².